The Morgan fingerprint density at radius 2 is 2.00 bits per heavy atom. The number of carbonyl (C=O) groups is 1. The Labute approximate surface area is 157 Å². The highest BCUT2D eigenvalue weighted by Gasteiger charge is 2.14. The molecule has 0 radical (unpaired) electrons. The summed E-state index contributed by atoms with van der Waals surface area (Å²) in [5.41, 5.74) is 4.43. The minimum absolute atomic E-state index is 0.00319. The second kappa shape index (κ2) is 8.59. The first-order chi connectivity index (χ1) is 12.2. The maximum Gasteiger partial charge on any atom is 0.234 e. The highest BCUT2D eigenvalue weighted by Crippen LogP contribution is 2.34. The highest BCUT2D eigenvalue weighted by atomic mass is 32.2. The summed E-state index contributed by atoms with van der Waals surface area (Å²) in [6.07, 6.45) is 1.12. The van der Waals surface area contributed by atoms with Crippen LogP contribution in [0.25, 0.3) is 0 Å². The number of thioether (sulfide) groups is 2. The molecule has 0 bridgehead atoms. The Bertz CT molecular complexity index is 772. The first-order valence-corrected chi connectivity index (χ1v) is 10.4. The van der Waals surface area contributed by atoms with E-state index in [0.29, 0.717) is 11.7 Å². The van der Waals surface area contributed by atoms with Crippen LogP contribution in [0.4, 0.5) is 11.4 Å². The number of benzene rings is 2. The van der Waals surface area contributed by atoms with E-state index in [0.717, 1.165) is 27.9 Å². The van der Waals surface area contributed by atoms with Crippen molar-refractivity contribution in [1.82, 2.24) is 0 Å². The SMILES string of the molecule is CC[C@@H](C)c1ccc(NC(=O)CSC2=Nc3ccccc3CS2)cc1. The molecule has 1 heterocycles. The smallest absolute Gasteiger partial charge is 0.234 e. The van der Waals surface area contributed by atoms with Crippen LogP contribution in [0, 0.1) is 0 Å². The molecule has 0 aliphatic carbocycles. The number of hydrogen-bond acceptors (Lipinski definition) is 4. The lowest BCUT2D eigenvalue weighted by Gasteiger charge is -2.14. The monoisotopic (exact) mass is 370 g/mol. The van der Waals surface area contributed by atoms with Gasteiger partial charge in [0.15, 0.2) is 0 Å². The average molecular weight is 371 g/mol. The van der Waals surface area contributed by atoms with Gasteiger partial charge in [-0.25, -0.2) is 4.99 Å². The lowest BCUT2D eigenvalue weighted by atomic mass is 9.99. The van der Waals surface area contributed by atoms with Crippen LogP contribution in [0.5, 0.6) is 0 Å². The summed E-state index contributed by atoms with van der Waals surface area (Å²) in [6, 6.07) is 16.3. The Morgan fingerprint density at radius 3 is 2.76 bits per heavy atom. The fourth-order valence-corrected chi connectivity index (χ4v) is 4.40. The van der Waals surface area contributed by atoms with E-state index >= 15 is 0 Å². The number of amides is 1. The van der Waals surface area contributed by atoms with Gasteiger partial charge < -0.3 is 5.32 Å². The molecule has 0 fully saturated rings. The quantitative estimate of drug-likeness (QED) is 0.722. The summed E-state index contributed by atoms with van der Waals surface area (Å²) >= 11 is 3.20. The molecule has 1 N–H and O–H groups in total. The van der Waals surface area contributed by atoms with Crippen LogP contribution < -0.4 is 5.32 Å². The Morgan fingerprint density at radius 1 is 1.24 bits per heavy atom. The number of anilines is 1. The number of hydrogen-bond donors (Lipinski definition) is 1. The average Bonchev–Trinajstić information content (AvgIpc) is 2.66. The summed E-state index contributed by atoms with van der Waals surface area (Å²) in [4.78, 5) is 16.8. The molecule has 0 unspecified atom stereocenters. The van der Waals surface area contributed by atoms with Crippen molar-refractivity contribution in [3.63, 3.8) is 0 Å². The zero-order valence-electron chi connectivity index (χ0n) is 14.5. The molecular formula is C20H22N2OS2. The van der Waals surface area contributed by atoms with E-state index in [-0.39, 0.29) is 5.91 Å². The topological polar surface area (TPSA) is 41.5 Å². The van der Waals surface area contributed by atoms with E-state index in [9.17, 15) is 4.79 Å². The lowest BCUT2D eigenvalue weighted by molar-refractivity contribution is -0.113. The van der Waals surface area contributed by atoms with Crippen molar-refractivity contribution in [2.45, 2.75) is 31.9 Å². The van der Waals surface area contributed by atoms with Crippen LogP contribution in [0.15, 0.2) is 53.5 Å². The third-order valence-corrected chi connectivity index (χ3v) is 6.50. The molecule has 2 aromatic carbocycles. The number of rotatable bonds is 5. The minimum Gasteiger partial charge on any atom is -0.325 e. The molecule has 0 spiro atoms. The number of carbonyl (C=O) groups excluding carboxylic acids is 1. The van der Waals surface area contributed by atoms with Crippen molar-refractivity contribution < 1.29 is 4.79 Å². The number of nitrogens with zero attached hydrogens (tertiary/aromatic N) is 1. The first kappa shape index (κ1) is 18.1. The second-order valence-corrected chi connectivity index (χ2v) is 8.25. The van der Waals surface area contributed by atoms with Crippen LogP contribution in [-0.4, -0.2) is 16.0 Å². The summed E-state index contributed by atoms with van der Waals surface area (Å²) < 4.78 is 0.959. The highest BCUT2D eigenvalue weighted by molar-refractivity contribution is 8.38. The van der Waals surface area contributed by atoms with Crippen LogP contribution in [0.3, 0.4) is 0 Å². The van der Waals surface area contributed by atoms with E-state index in [1.807, 2.05) is 30.3 Å². The summed E-state index contributed by atoms with van der Waals surface area (Å²) in [5, 5.41) is 2.96. The van der Waals surface area contributed by atoms with E-state index in [1.165, 1.54) is 22.9 Å². The fourth-order valence-electron chi connectivity index (χ4n) is 2.54. The molecule has 1 aliphatic heterocycles. The normalized spacial score (nSPS) is 14.4. The summed E-state index contributed by atoms with van der Waals surface area (Å²) in [6.45, 7) is 4.40. The molecule has 3 rings (SSSR count). The van der Waals surface area contributed by atoms with Gasteiger partial charge in [0.1, 0.15) is 4.38 Å². The van der Waals surface area contributed by atoms with E-state index in [4.69, 9.17) is 0 Å². The molecule has 0 saturated carbocycles. The second-order valence-electron chi connectivity index (χ2n) is 6.06. The third-order valence-electron chi connectivity index (χ3n) is 4.26. The van der Waals surface area contributed by atoms with Crippen LogP contribution in [0.1, 0.15) is 37.3 Å². The van der Waals surface area contributed by atoms with Gasteiger partial charge in [-0.2, -0.15) is 0 Å². The van der Waals surface area contributed by atoms with Crippen molar-refractivity contribution in [3.05, 3.63) is 59.7 Å². The lowest BCUT2D eigenvalue weighted by Crippen LogP contribution is -2.15. The number of para-hydroxylation sites is 1. The van der Waals surface area contributed by atoms with Gasteiger partial charge in [0, 0.05) is 11.4 Å². The van der Waals surface area contributed by atoms with Gasteiger partial charge in [-0.15, -0.1) is 0 Å². The minimum atomic E-state index is 0.00319. The zero-order valence-corrected chi connectivity index (χ0v) is 16.1. The molecule has 1 aliphatic rings. The molecule has 5 heteroatoms. The Kier molecular flexibility index (Phi) is 6.21. The molecule has 2 aromatic rings. The molecule has 0 aromatic heterocycles. The van der Waals surface area contributed by atoms with Gasteiger partial charge in [-0.1, -0.05) is 67.7 Å². The molecule has 25 heavy (non-hydrogen) atoms. The number of fused-ring (bicyclic) bond motifs is 1. The number of nitrogens with one attached hydrogen (secondary N) is 1. The van der Waals surface area contributed by atoms with Crippen LogP contribution in [0.2, 0.25) is 0 Å². The van der Waals surface area contributed by atoms with Gasteiger partial charge in [-0.05, 0) is 41.7 Å². The maximum atomic E-state index is 12.2. The maximum absolute atomic E-state index is 12.2. The molecule has 130 valence electrons. The van der Waals surface area contributed by atoms with Crippen molar-refractivity contribution in [2.75, 3.05) is 11.1 Å². The first-order valence-electron chi connectivity index (χ1n) is 8.47. The molecular weight excluding hydrogens is 348 g/mol. The largest absolute Gasteiger partial charge is 0.325 e. The van der Waals surface area contributed by atoms with Crippen LogP contribution in [-0.2, 0) is 10.5 Å². The van der Waals surface area contributed by atoms with Gasteiger partial charge in [0.05, 0.1) is 11.4 Å². The Balaban J connectivity index is 1.53. The third kappa shape index (κ3) is 4.89. The van der Waals surface area contributed by atoms with Gasteiger partial charge in [0.2, 0.25) is 5.91 Å². The van der Waals surface area contributed by atoms with E-state index in [1.54, 1.807) is 11.8 Å². The van der Waals surface area contributed by atoms with Crippen molar-refractivity contribution in [3.8, 4) is 0 Å². The predicted molar refractivity (Wildman–Crippen MR) is 111 cm³/mol. The summed E-state index contributed by atoms with van der Waals surface area (Å²) in [7, 11) is 0. The predicted octanol–water partition coefficient (Wildman–Crippen LogP) is 5.81. The zero-order chi connectivity index (χ0) is 17.6. The van der Waals surface area contributed by atoms with Crippen molar-refractivity contribution in [2.24, 2.45) is 4.99 Å². The van der Waals surface area contributed by atoms with E-state index < -0.39 is 0 Å². The van der Waals surface area contributed by atoms with E-state index in [2.05, 4.69) is 42.4 Å². The van der Waals surface area contributed by atoms with Gasteiger partial charge >= 0.3 is 0 Å². The molecule has 1 amide bonds. The summed E-state index contributed by atoms with van der Waals surface area (Å²) in [5.74, 6) is 1.84. The fraction of sp³-hybridized carbons (Fsp3) is 0.300. The molecule has 3 nitrogen and oxygen atoms in total. The Hall–Kier alpha value is -1.72. The standard InChI is InChI=1S/C20H22N2OS2/c1-3-14(2)15-8-10-17(11-9-15)21-19(23)13-25-20-22-18-7-5-4-6-16(18)12-24-20/h4-11,14H,3,12-13H2,1-2H3,(H,21,23)/t14-/m1/s1. The van der Waals surface area contributed by atoms with Gasteiger partial charge in [-0.3, -0.25) is 4.79 Å². The number of aliphatic imine (C=N–C) groups is 1. The molecule has 1 atom stereocenters. The molecule has 0 saturated heterocycles. The van der Waals surface area contributed by atoms with Crippen molar-refractivity contribution >= 4 is 45.2 Å². The van der Waals surface area contributed by atoms with Crippen molar-refractivity contribution in [1.29, 1.82) is 0 Å². The van der Waals surface area contributed by atoms with Crippen LogP contribution >= 0.6 is 23.5 Å². The van der Waals surface area contributed by atoms with Gasteiger partial charge in [0.25, 0.3) is 0 Å².